The lowest BCUT2D eigenvalue weighted by Gasteiger charge is -2.08. The number of fused-ring (bicyclic) bond motifs is 1. The summed E-state index contributed by atoms with van der Waals surface area (Å²) in [6, 6.07) is 8.05. The van der Waals surface area contributed by atoms with Gasteiger partial charge in [-0.1, -0.05) is 36.4 Å². The van der Waals surface area contributed by atoms with Gasteiger partial charge in [0, 0.05) is 7.05 Å². The molecule has 0 atom stereocenters. The number of rotatable bonds is 3. The van der Waals surface area contributed by atoms with Crippen molar-refractivity contribution >= 4 is 11.0 Å². The highest BCUT2D eigenvalue weighted by Crippen LogP contribution is 2.10. The molecule has 2 heterocycles. The molecule has 0 unspecified atom stereocenters. The van der Waals surface area contributed by atoms with Crippen molar-refractivity contribution in [1.82, 2.24) is 24.8 Å². The van der Waals surface area contributed by atoms with E-state index in [-0.39, 0.29) is 5.56 Å². The summed E-state index contributed by atoms with van der Waals surface area (Å²) in [5.74, 6) is 0. The lowest BCUT2D eigenvalue weighted by molar-refractivity contribution is 0.592. The van der Waals surface area contributed by atoms with Gasteiger partial charge in [0.15, 0.2) is 5.65 Å². The van der Waals surface area contributed by atoms with Crippen molar-refractivity contribution in [2.24, 2.45) is 7.05 Å². The molecule has 102 valence electrons. The van der Waals surface area contributed by atoms with E-state index >= 15 is 0 Å². The maximum absolute atomic E-state index is 12.4. The third-order valence-corrected chi connectivity index (χ3v) is 3.44. The van der Waals surface area contributed by atoms with Crippen LogP contribution in [0, 0.1) is 0 Å². The number of benzene rings is 1. The Morgan fingerprint density at radius 1 is 1.20 bits per heavy atom. The molecule has 1 aromatic carbocycles. The van der Waals surface area contributed by atoms with Crippen molar-refractivity contribution in [3.8, 4) is 0 Å². The molecule has 6 nitrogen and oxygen atoms in total. The van der Waals surface area contributed by atoms with Crippen LogP contribution >= 0.6 is 0 Å². The number of nitrogens with zero attached hydrogens (tertiary/aromatic N) is 5. The van der Waals surface area contributed by atoms with Crippen molar-refractivity contribution in [2.45, 2.75) is 19.9 Å². The molecule has 0 N–H and O–H groups in total. The molecule has 6 heteroatoms. The molecule has 0 spiro atoms. The van der Waals surface area contributed by atoms with Crippen molar-refractivity contribution in [2.75, 3.05) is 0 Å². The Balaban J connectivity index is 2.07. The van der Waals surface area contributed by atoms with Crippen LogP contribution in [0.2, 0.25) is 0 Å². The van der Waals surface area contributed by atoms with Crippen LogP contribution in [0.1, 0.15) is 18.1 Å². The average molecular weight is 269 g/mol. The highest BCUT2D eigenvalue weighted by atomic mass is 16.1. The summed E-state index contributed by atoms with van der Waals surface area (Å²) in [6.45, 7) is 2.53. The molecule has 3 rings (SSSR count). The molecule has 0 saturated heterocycles. The van der Waals surface area contributed by atoms with Crippen LogP contribution in [-0.2, 0) is 20.0 Å². The van der Waals surface area contributed by atoms with Crippen molar-refractivity contribution in [1.29, 1.82) is 0 Å². The molecule has 0 bridgehead atoms. The molecule has 0 fully saturated rings. The van der Waals surface area contributed by atoms with Gasteiger partial charge in [-0.25, -0.2) is 9.36 Å². The first-order chi connectivity index (χ1) is 9.70. The lowest BCUT2D eigenvalue weighted by Crippen LogP contribution is -2.25. The zero-order valence-electron chi connectivity index (χ0n) is 11.4. The Kier molecular flexibility index (Phi) is 3.06. The maximum Gasteiger partial charge on any atom is 0.281 e. The van der Waals surface area contributed by atoms with Gasteiger partial charge in [-0.3, -0.25) is 4.79 Å². The summed E-state index contributed by atoms with van der Waals surface area (Å²) in [5, 5.41) is 12.6. The smallest absolute Gasteiger partial charge is 0.267 e. The van der Waals surface area contributed by atoms with Gasteiger partial charge in [0.25, 0.3) is 5.56 Å². The Bertz CT molecular complexity index is 818. The highest BCUT2D eigenvalue weighted by Gasteiger charge is 2.10. The summed E-state index contributed by atoms with van der Waals surface area (Å²) in [5.41, 5.74) is 2.66. The fourth-order valence-electron chi connectivity index (χ4n) is 2.30. The third kappa shape index (κ3) is 1.99. The van der Waals surface area contributed by atoms with Gasteiger partial charge in [-0.05, 0) is 17.5 Å². The van der Waals surface area contributed by atoms with E-state index in [1.54, 1.807) is 11.7 Å². The van der Waals surface area contributed by atoms with E-state index in [1.165, 1.54) is 16.4 Å². The second-order valence-electron chi connectivity index (χ2n) is 4.68. The van der Waals surface area contributed by atoms with Crippen LogP contribution in [0.4, 0.5) is 0 Å². The topological polar surface area (TPSA) is 65.6 Å². The number of aryl methyl sites for hydroxylation is 2. The van der Waals surface area contributed by atoms with Crippen molar-refractivity contribution in [3.05, 3.63) is 51.9 Å². The molecule has 2 aromatic heterocycles. The number of hydrogen-bond acceptors (Lipinski definition) is 4. The standard InChI is InChI=1S/C14H15N5O/c1-3-10-6-4-5-7-11(10)9-19-14(20)12-8-15-18(2)13(12)16-17-19/h4-8H,3,9H2,1-2H3. The summed E-state index contributed by atoms with van der Waals surface area (Å²) in [4.78, 5) is 12.4. The zero-order valence-corrected chi connectivity index (χ0v) is 11.4. The van der Waals surface area contributed by atoms with E-state index in [0.29, 0.717) is 17.6 Å². The Hall–Kier alpha value is -2.50. The maximum atomic E-state index is 12.4. The van der Waals surface area contributed by atoms with Crippen LogP contribution < -0.4 is 5.56 Å². The van der Waals surface area contributed by atoms with Gasteiger partial charge in [0.1, 0.15) is 5.39 Å². The molecule has 0 aliphatic carbocycles. The lowest BCUT2D eigenvalue weighted by atomic mass is 10.1. The molecule has 0 radical (unpaired) electrons. The number of aromatic nitrogens is 5. The fourth-order valence-corrected chi connectivity index (χ4v) is 2.30. The SMILES string of the molecule is CCc1ccccc1Cn1nnc2c(cnn2C)c1=O. The molecule has 0 aliphatic heterocycles. The van der Waals surface area contributed by atoms with Crippen LogP contribution in [0.25, 0.3) is 11.0 Å². The van der Waals surface area contributed by atoms with Gasteiger partial charge in [-0.2, -0.15) is 5.10 Å². The fraction of sp³-hybridized carbons (Fsp3) is 0.286. The van der Waals surface area contributed by atoms with E-state index in [2.05, 4.69) is 28.4 Å². The van der Waals surface area contributed by atoms with Gasteiger partial charge in [0.05, 0.1) is 12.7 Å². The predicted molar refractivity (Wildman–Crippen MR) is 75.5 cm³/mol. The van der Waals surface area contributed by atoms with Gasteiger partial charge < -0.3 is 0 Å². The molecular formula is C14H15N5O. The largest absolute Gasteiger partial charge is 0.281 e. The van der Waals surface area contributed by atoms with Crippen molar-refractivity contribution in [3.63, 3.8) is 0 Å². The van der Waals surface area contributed by atoms with Gasteiger partial charge in [0.2, 0.25) is 0 Å². The number of hydrogen-bond donors (Lipinski definition) is 0. The summed E-state index contributed by atoms with van der Waals surface area (Å²) < 4.78 is 2.94. The van der Waals surface area contributed by atoms with Crippen molar-refractivity contribution < 1.29 is 0 Å². The highest BCUT2D eigenvalue weighted by molar-refractivity contribution is 5.72. The first-order valence-electron chi connectivity index (χ1n) is 6.53. The van der Waals surface area contributed by atoms with Gasteiger partial charge in [-0.15, -0.1) is 5.10 Å². The monoisotopic (exact) mass is 269 g/mol. The van der Waals surface area contributed by atoms with E-state index in [0.717, 1.165) is 12.0 Å². The minimum atomic E-state index is -0.158. The normalized spacial score (nSPS) is 11.1. The van der Waals surface area contributed by atoms with E-state index in [9.17, 15) is 4.79 Å². The molecule has 20 heavy (non-hydrogen) atoms. The second-order valence-corrected chi connectivity index (χ2v) is 4.68. The molecule has 0 saturated carbocycles. The minimum absolute atomic E-state index is 0.158. The minimum Gasteiger partial charge on any atom is -0.267 e. The van der Waals surface area contributed by atoms with E-state index < -0.39 is 0 Å². The Labute approximate surface area is 115 Å². The Morgan fingerprint density at radius 3 is 2.70 bits per heavy atom. The quantitative estimate of drug-likeness (QED) is 0.715. The van der Waals surface area contributed by atoms with E-state index in [1.807, 2.05) is 18.2 Å². The molecular weight excluding hydrogens is 254 g/mol. The zero-order chi connectivity index (χ0) is 14.1. The van der Waals surface area contributed by atoms with Crippen LogP contribution in [0.15, 0.2) is 35.3 Å². The van der Waals surface area contributed by atoms with Crippen LogP contribution in [0.5, 0.6) is 0 Å². The summed E-state index contributed by atoms with van der Waals surface area (Å²) in [7, 11) is 1.74. The van der Waals surface area contributed by atoms with Crippen LogP contribution in [-0.4, -0.2) is 24.8 Å². The van der Waals surface area contributed by atoms with Crippen LogP contribution in [0.3, 0.4) is 0 Å². The second kappa shape index (κ2) is 4.88. The average Bonchev–Trinajstić information content (AvgIpc) is 2.85. The first-order valence-corrected chi connectivity index (χ1v) is 6.53. The van der Waals surface area contributed by atoms with Gasteiger partial charge >= 0.3 is 0 Å². The third-order valence-electron chi connectivity index (χ3n) is 3.44. The molecule has 0 aliphatic rings. The molecule has 3 aromatic rings. The Morgan fingerprint density at radius 2 is 1.95 bits per heavy atom. The first kappa shape index (κ1) is 12.5. The predicted octanol–water partition coefficient (Wildman–Crippen LogP) is 1.14. The summed E-state index contributed by atoms with van der Waals surface area (Å²) >= 11 is 0. The molecule has 0 amide bonds. The summed E-state index contributed by atoms with van der Waals surface area (Å²) in [6.07, 6.45) is 2.46. The van der Waals surface area contributed by atoms with E-state index in [4.69, 9.17) is 0 Å².